The first-order valence-electron chi connectivity index (χ1n) is 9.78. The Morgan fingerprint density at radius 1 is 1.38 bits per heavy atom. The van der Waals surface area contributed by atoms with Crippen molar-refractivity contribution >= 4 is 29.9 Å². The van der Waals surface area contributed by atoms with Crippen LogP contribution < -0.4 is 20.1 Å². The number of hydrogen-bond donors (Lipinski definition) is 2. The van der Waals surface area contributed by atoms with Gasteiger partial charge in [-0.15, -0.1) is 24.0 Å². The second-order valence-corrected chi connectivity index (χ2v) is 7.73. The lowest BCUT2D eigenvalue weighted by atomic mass is 9.46. The number of halogens is 3. The summed E-state index contributed by atoms with van der Waals surface area (Å²) in [6.07, 6.45) is 5.07. The maximum atomic E-state index is 12.7. The Hall–Kier alpha value is -1.36. The first-order chi connectivity index (χ1) is 13.6. The third-order valence-corrected chi connectivity index (χ3v) is 6.48. The van der Waals surface area contributed by atoms with E-state index in [1.165, 1.54) is 32.4 Å². The largest absolute Gasteiger partial charge is 0.497 e. The fraction of sp³-hybridized carbons (Fsp3) is 0.650. The van der Waals surface area contributed by atoms with Crippen LogP contribution >= 0.6 is 24.0 Å². The highest BCUT2D eigenvalue weighted by atomic mass is 127. The Morgan fingerprint density at radius 3 is 2.79 bits per heavy atom. The van der Waals surface area contributed by atoms with Crippen molar-refractivity contribution in [2.24, 2.45) is 16.3 Å². The topological polar surface area (TPSA) is 64.1 Å². The number of methoxy groups -OCH3 is 1. The molecule has 0 radical (unpaired) electrons. The zero-order valence-electron chi connectivity index (χ0n) is 16.6. The Kier molecular flexibility index (Phi) is 7.08. The number of aliphatic imine (C=N–C) groups is 1. The molecule has 29 heavy (non-hydrogen) atoms. The highest BCUT2D eigenvalue weighted by Crippen LogP contribution is 2.62. The van der Waals surface area contributed by atoms with Crippen molar-refractivity contribution in [2.45, 2.75) is 51.0 Å². The second-order valence-electron chi connectivity index (χ2n) is 7.73. The van der Waals surface area contributed by atoms with Crippen LogP contribution in [0.4, 0.5) is 8.78 Å². The van der Waals surface area contributed by atoms with Gasteiger partial charge in [0.15, 0.2) is 5.96 Å². The van der Waals surface area contributed by atoms with Crippen LogP contribution in [0, 0.1) is 11.3 Å². The van der Waals surface area contributed by atoms with Crippen molar-refractivity contribution in [1.82, 2.24) is 10.6 Å². The number of rotatable bonds is 6. The molecule has 4 rings (SSSR count). The first kappa shape index (κ1) is 22.3. The molecular weight excluding hydrogens is 495 g/mol. The molecule has 1 aliphatic heterocycles. The molecule has 3 unspecified atom stereocenters. The van der Waals surface area contributed by atoms with E-state index in [1.54, 1.807) is 19.2 Å². The summed E-state index contributed by atoms with van der Waals surface area (Å²) in [4.78, 5) is 4.33. The molecule has 9 heteroatoms. The van der Waals surface area contributed by atoms with Crippen molar-refractivity contribution in [3.63, 3.8) is 0 Å². The van der Waals surface area contributed by atoms with E-state index in [1.807, 2.05) is 0 Å². The van der Waals surface area contributed by atoms with Gasteiger partial charge in [0, 0.05) is 43.1 Å². The molecule has 1 aromatic carbocycles. The minimum atomic E-state index is -2.88. The van der Waals surface area contributed by atoms with Crippen molar-refractivity contribution in [2.75, 3.05) is 20.8 Å². The number of nitrogens with one attached hydrogen (secondary N) is 2. The zero-order chi connectivity index (χ0) is 19.7. The van der Waals surface area contributed by atoms with E-state index in [9.17, 15) is 8.78 Å². The molecule has 3 atom stereocenters. The fourth-order valence-electron chi connectivity index (χ4n) is 5.01. The van der Waals surface area contributed by atoms with Crippen molar-refractivity contribution < 1.29 is 23.0 Å². The summed E-state index contributed by atoms with van der Waals surface area (Å²) in [5.41, 5.74) is 0.815. The number of hydrogen-bond acceptors (Lipinski definition) is 4. The van der Waals surface area contributed by atoms with E-state index >= 15 is 0 Å². The van der Waals surface area contributed by atoms with E-state index in [0.717, 1.165) is 13.0 Å². The van der Waals surface area contributed by atoms with Crippen molar-refractivity contribution in [3.05, 3.63) is 23.8 Å². The van der Waals surface area contributed by atoms with Crippen LogP contribution in [-0.4, -0.2) is 45.5 Å². The molecule has 6 nitrogen and oxygen atoms in total. The van der Waals surface area contributed by atoms with Gasteiger partial charge in [-0.1, -0.05) is 6.42 Å². The third kappa shape index (κ3) is 4.12. The summed E-state index contributed by atoms with van der Waals surface area (Å²) >= 11 is 0. The highest BCUT2D eigenvalue weighted by molar-refractivity contribution is 14.0. The lowest BCUT2D eigenvalue weighted by molar-refractivity contribution is -0.171. The van der Waals surface area contributed by atoms with Crippen LogP contribution in [0.5, 0.6) is 11.5 Å². The molecule has 0 bridgehead atoms. The number of nitrogens with zero attached hydrogens (tertiary/aromatic N) is 1. The van der Waals surface area contributed by atoms with E-state index < -0.39 is 6.61 Å². The molecule has 162 valence electrons. The van der Waals surface area contributed by atoms with E-state index in [2.05, 4.69) is 20.4 Å². The van der Waals surface area contributed by atoms with Crippen molar-refractivity contribution in [3.8, 4) is 11.5 Å². The summed E-state index contributed by atoms with van der Waals surface area (Å²) in [6, 6.07) is 5.13. The van der Waals surface area contributed by atoms with Crippen LogP contribution in [-0.2, 0) is 11.3 Å². The standard InChI is InChI=1S/C20H27F2N3O3.HI/c1-23-19(25-16-14-6-9-27-17(14)20(16)7-3-8-20)24-11-12-10-13(26-2)4-5-15(12)28-18(21)22;/h4-5,10,14,16-18H,3,6-9,11H2,1-2H3,(H2,23,24,25);1H. The summed E-state index contributed by atoms with van der Waals surface area (Å²) in [5.74, 6) is 1.89. The molecule has 2 N–H and O–H groups in total. The molecule has 1 heterocycles. The molecule has 3 fully saturated rings. The first-order valence-corrected chi connectivity index (χ1v) is 9.78. The van der Waals surface area contributed by atoms with Crippen LogP contribution in [0.2, 0.25) is 0 Å². The molecule has 2 aliphatic carbocycles. The van der Waals surface area contributed by atoms with Crippen LogP contribution in [0.3, 0.4) is 0 Å². The minimum absolute atomic E-state index is 0. The zero-order valence-corrected chi connectivity index (χ0v) is 19.0. The van der Waals surface area contributed by atoms with Gasteiger partial charge in [-0.3, -0.25) is 4.99 Å². The molecule has 3 aliphatic rings. The van der Waals surface area contributed by atoms with Crippen LogP contribution in [0.1, 0.15) is 31.2 Å². The number of benzene rings is 1. The monoisotopic (exact) mass is 523 g/mol. The summed E-state index contributed by atoms with van der Waals surface area (Å²) in [7, 11) is 3.25. The summed E-state index contributed by atoms with van der Waals surface area (Å²) in [5, 5.41) is 6.80. The van der Waals surface area contributed by atoms with Gasteiger partial charge in [-0.25, -0.2) is 0 Å². The Balaban J connectivity index is 0.00000240. The Bertz CT molecular complexity index is 746. The van der Waals surface area contributed by atoms with E-state index in [-0.39, 0.29) is 35.1 Å². The van der Waals surface area contributed by atoms with E-state index in [4.69, 9.17) is 9.47 Å². The summed E-state index contributed by atoms with van der Waals surface area (Å²) < 4.78 is 41.2. The van der Waals surface area contributed by atoms with Gasteiger partial charge in [0.2, 0.25) is 0 Å². The molecule has 1 saturated heterocycles. The fourth-order valence-corrected chi connectivity index (χ4v) is 5.01. The number of fused-ring (bicyclic) bond motifs is 2. The molecule has 2 saturated carbocycles. The van der Waals surface area contributed by atoms with Gasteiger partial charge in [-0.05, 0) is 37.5 Å². The number of ether oxygens (including phenoxy) is 3. The van der Waals surface area contributed by atoms with Gasteiger partial charge in [0.1, 0.15) is 11.5 Å². The van der Waals surface area contributed by atoms with E-state index in [0.29, 0.717) is 41.9 Å². The molecule has 0 aromatic heterocycles. The van der Waals surface area contributed by atoms with Crippen LogP contribution in [0.25, 0.3) is 0 Å². The molecule has 1 spiro atoms. The Labute approximate surface area is 186 Å². The maximum Gasteiger partial charge on any atom is 0.387 e. The van der Waals surface area contributed by atoms with Gasteiger partial charge in [0.05, 0.1) is 13.2 Å². The predicted molar refractivity (Wildman–Crippen MR) is 116 cm³/mol. The summed E-state index contributed by atoms with van der Waals surface area (Å²) in [6.45, 7) is -1.75. The average Bonchev–Trinajstić information content (AvgIpc) is 3.06. The predicted octanol–water partition coefficient (Wildman–Crippen LogP) is 3.54. The minimum Gasteiger partial charge on any atom is -0.497 e. The average molecular weight is 523 g/mol. The normalized spacial score (nSPS) is 26.8. The third-order valence-electron chi connectivity index (χ3n) is 6.48. The van der Waals surface area contributed by atoms with Gasteiger partial charge < -0.3 is 24.8 Å². The van der Waals surface area contributed by atoms with Gasteiger partial charge in [0.25, 0.3) is 0 Å². The number of guanidine groups is 1. The highest BCUT2D eigenvalue weighted by Gasteiger charge is 2.66. The second kappa shape index (κ2) is 9.20. The molecule has 1 aromatic rings. The molecular formula is C20H28F2IN3O3. The van der Waals surface area contributed by atoms with Gasteiger partial charge >= 0.3 is 6.61 Å². The number of alkyl halides is 2. The quantitative estimate of drug-likeness (QED) is 0.340. The SMILES string of the molecule is CN=C(NCc1cc(OC)ccc1OC(F)F)NC1C2CCOC2C12CCC2.I. The maximum absolute atomic E-state index is 12.7. The Morgan fingerprint density at radius 2 is 2.17 bits per heavy atom. The van der Waals surface area contributed by atoms with Crippen LogP contribution in [0.15, 0.2) is 23.2 Å². The van der Waals surface area contributed by atoms with Gasteiger partial charge in [-0.2, -0.15) is 8.78 Å². The lowest BCUT2D eigenvalue weighted by Gasteiger charge is -2.63. The smallest absolute Gasteiger partial charge is 0.387 e. The molecule has 0 amide bonds. The lowest BCUT2D eigenvalue weighted by Crippen LogP contribution is -2.72. The van der Waals surface area contributed by atoms with Crippen molar-refractivity contribution in [1.29, 1.82) is 0 Å².